The van der Waals surface area contributed by atoms with Crippen molar-refractivity contribution >= 4 is 6.29 Å². The average molecular weight is 273 g/mol. The monoisotopic (exact) mass is 273 g/mol. The number of rotatable bonds is 6. The molecule has 0 atom stereocenters. The number of hydrogen-bond acceptors (Lipinski definition) is 4. The Morgan fingerprint density at radius 2 is 2.00 bits per heavy atom. The van der Waals surface area contributed by atoms with Crippen LogP contribution in [0, 0.1) is 13.8 Å². The molecular formula is C15H19N3O2. The van der Waals surface area contributed by atoms with Crippen LogP contribution in [0.15, 0.2) is 18.2 Å². The van der Waals surface area contributed by atoms with E-state index in [0.29, 0.717) is 12.3 Å². The van der Waals surface area contributed by atoms with Crippen molar-refractivity contribution in [3.63, 3.8) is 0 Å². The molecule has 0 saturated heterocycles. The van der Waals surface area contributed by atoms with Crippen LogP contribution < -0.4 is 4.74 Å². The highest BCUT2D eigenvalue weighted by Gasteiger charge is 2.13. The predicted molar refractivity (Wildman–Crippen MR) is 75.9 cm³/mol. The predicted octanol–water partition coefficient (Wildman–Crippen LogP) is 2.70. The van der Waals surface area contributed by atoms with Gasteiger partial charge in [-0.1, -0.05) is 30.3 Å². The lowest BCUT2D eigenvalue weighted by molar-refractivity contribution is 0.111. The van der Waals surface area contributed by atoms with Crippen molar-refractivity contribution in [2.24, 2.45) is 0 Å². The normalized spacial score (nSPS) is 10.6. The Bertz CT molecular complexity index is 585. The molecular weight excluding hydrogens is 254 g/mol. The molecule has 0 aliphatic heterocycles. The largest absolute Gasteiger partial charge is 0.487 e. The van der Waals surface area contributed by atoms with E-state index in [9.17, 15) is 4.79 Å². The molecule has 0 amide bonds. The molecule has 0 spiro atoms. The van der Waals surface area contributed by atoms with Gasteiger partial charge in [-0.3, -0.25) is 4.79 Å². The molecule has 0 aliphatic carbocycles. The SMILES string of the molecule is CCCn1nnc(C=O)c1COc1c(C)cccc1C. The maximum absolute atomic E-state index is 11.0. The maximum atomic E-state index is 11.0. The Kier molecular flexibility index (Phi) is 4.50. The third-order valence-corrected chi connectivity index (χ3v) is 3.18. The Morgan fingerprint density at radius 1 is 1.30 bits per heavy atom. The maximum Gasteiger partial charge on any atom is 0.172 e. The molecule has 0 N–H and O–H groups in total. The van der Waals surface area contributed by atoms with Gasteiger partial charge in [-0.15, -0.1) is 5.10 Å². The summed E-state index contributed by atoms with van der Waals surface area (Å²) in [5.41, 5.74) is 3.23. The summed E-state index contributed by atoms with van der Waals surface area (Å²) in [6, 6.07) is 6.01. The van der Waals surface area contributed by atoms with E-state index in [-0.39, 0.29) is 0 Å². The number of para-hydroxylation sites is 1. The number of aldehydes is 1. The Balaban J connectivity index is 2.22. The Morgan fingerprint density at radius 3 is 2.60 bits per heavy atom. The molecule has 0 saturated carbocycles. The summed E-state index contributed by atoms with van der Waals surface area (Å²) in [6.45, 7) is 7.09. The number of carbonyl (C=O) groups excluding carboxylic acids is 1. The third-order valence-electron chi connectivity index (χ3n) is 3.18. The minimum absolute atomic E-state index is 0.298. The van der Waals surface area contributed by atoms with Crippen LogP contribution in [-0.4, -0.2) is 21.3 Å². The molecule has 0 radical (unpaired) electrons. The standard InChI is InChI=1S/C15H19N3O2/c1-4-8-18-14(13(9-19)16-17-18)10-20-15-11(2)6-5-7-12(15)3/h5-7,9H,4,8,10H2,1-3H3. The van der Waals surface area contributed by atoms with Crippen molar-refractivity contribution in [1.82, 2.24) is 15.0 Å². The second kappa shape index (κ2) is 6.32. The van der Waals surface area contributed by atoms with Gasteiger partial charge < -0.3 is 4.74 Å². The molecule has 0 aliphatic rings. The summed E-state index contributed by atoms with van der Waals surface area (Å²) in [5.74, 6) is 0.855. The van der Waals surface area contributed by atoms with Crippen LogP contribution in [0.25, 0.3) is 0 Å². The smallest absolute Gasteiger partial charge is 0.172 e. The molecule has 5 heteroatoms. The summed E-state index contributed by atoms with van der Waals surface area (Å²) < 4.78 is 7.62. The van der Waals surface area contributed by atoms with Crippen molar-refractivity contribution in [3.05, 3.63) is 40.7 Å². The van der Waals surface area contributed by atoms with Crippen LogP contribution in [0.4, 0.5) is 0 Å². The van der Waals surface area contributed by atoms with Crippen LogP contribution in [0.5, 0.6) is 5.75 Å². The lowest BCUT2D eigenvalue weighted by atomic mass is 10.1. The number of aryl methyl sites for hydroxylation is 3. The number of benzene rings is 1. The first-order chi connectivity index (χ1) is 9.67. The summed E-state index contributed by atoms with van der Waals surface area (Å²) in [4.78, 5) is 11.0. The molecule has 106 valence electrons. The Labute approximate surface area is 118 Å². The molecule has 5 nitrogen and oxygen atoms in total. The van der Waals surface area contributed by atoms with E-state index in [0.717, 1.165) is 41.8 Å². The molecule has 1 aromatic carbocycles. The van der Waals surface area contributed by atoms with E-state index in [1.54, 1.807) is 4.68 Å². The van der Waals surface area contributed by atoms with E-state index in [1.807, 2.05) is 32.0 Å². The van der Waals surface area contributed by atoms with Gasteiger partial charge in [-0.05, 0) is 31.4 Å². The highest BCUT2D eigenvalue weighted by Crippen LogP contribution is 2.23. The van der Waals surface area contributed by atoms with Gasteiger partial charge in [0.15, 0.2) is 12.0 Å². The van der Waals surface area contributed by atoms with E-state index < -0.39 is 0 Å². The summed E-state index contributed by atoms with van der Waals surface area (Å²) >= 11 is 0. The zero-order valence-corrected chi connectivity index (χ0v) is 12.1. The number of ether oxygens (including phenoxy) is 1. The van der Waals surface area contributed by atoms with Gasteiger partial charge in [-0.2, -0.15) is 0 Å². The van der Waals surface area contributed by atoms with Gasteiger partial charge in [-0.25, -0.2) is 4.68 Å². The van der Waals surface area contributed by atoms with Crippen LogP contribution >= 0.6 is 0 Å². The molecule has 2 rings (SSSR count). The Hall–Kier alpha value is -2.17. The van der Waals surface area contributed by atoms with Crippen LogP contribution in [0.3, 0.4) is 0 Å². The highest BCUT2D eigenvalue weighted by molar-refractivity contribution is 5.73. The fraction of sp³-hybridized carbons (Fsp3) is 0.400. The minimum atomic E-state index is 0.298. The number of hydrogen-bond donors (Lipinski definition) is 0. The first-order valence-corrected chi connectivity index (χ1v) is 6.74. The summed E-state index contributed by atoms with van der Waals surface area (Å²) in [7, 11) is 0. The fourth-order valence-corrected chi connectivity index (χ4v) is 2.14. The minimum Gasteiger partial charge on any atom is -0.487 e. The molecule has 20 heavy (non-hydrogen) atoms. The zero-order valence-electron chi connectivity index (χ0n) is 12.1. The second-order valence-corrected chi connectivity index (χ2v) is 4.77. The van der Waals surface area contributed by atoms with Gasteiger partial charge in [0, 0.05) is 6.54 Å². The van der Waals surface area contributed by atoms with Crippen molar-refractivity contribution in [3.8, 4) is 5.75 Å². The van der Waals surface area contributed by atoms with Gasteiger partial charge in [0.25, 0.3) is 0 Å². The van der Waals surface area contributed by atoms with E-state index in [2.05, 4.69) is 17.2 Å². The average Bonchev–Trinajstić information content (AvgIpc) is 2.81. The lowest BCUT2D eigenvalue weighted by Gasteiger charge is -2.12. The molecule has 0 unspecified atom stereocenters. The van der Waals surface area contributed by atoms with E-state index in [4.69, 9.17) is 4.74 Å². The second-order valence-electron chi connectivity index (χ2n) is 4.77. The number of nitrogens with zero attached hydrogens (tertiary/aromatic N) is 3. The van der Waals surface area contributed by atoms with Crippen molar-refractivity contribution in [2.75, 3.05) is 0 Å². The van der Waals surface area contributed by atoms with Crippen LogP contribution in [0.2, 0.25) is 0 Å². The summed E-state index contributed by atoms with van der Waals surface area (Å²) in [5, 5.41) is 7.86. The number of carbonyl (C=O) groups is 1. The van der Waals surface area contributed by atoms with Gasteiger partial charge in [0.05, 0.1) is 0 Å². The number of aromatic nitrogens is 3. The highest BCUT2D eigenvalue weighted by atomic mass is 16.5. The third kappa shape index (κ3) is 2.87. The van der Waals surface area contributed by atoms with Gasteiger partial charge in [0.1, 0.15) is 18.1 Å². The molecule has 0 fully saturated rings. The molecule has 2 aromatic rings. The van der Waals surface area contributed by atoms with Crippen LogP contribution in [0.1, 0.15) is 40.7 Å². The van der Waals surface area contributed by atoms with Crippen LogP contribution in [-0.2, 0) is 13.2 Å². The van der Waals surface area contributed by atoms with Crippen molar-refractivity contribution in [2.45, 2.75) is 40.3 Å². The lowest BCUT2D eigenvalue weighted by Crippen LogP contribution is -2.10. The quantitative estimate of drug-likeness (QED) is 0.759. The van der Waals surface area contributed by atoms with E-state index in [1.165, 1.54) is 0 Å². The topological polar surface area (TPSA) is 57.0 Å². The van der Waals surface area contributed by atoms with Gasteiger partial charge in [0.2, 0.25) is 0 Å². The molecule has 1 aromatic heterocycles. The molecule has 0 bridgehead atoms. The first-order valence-electron chi connectivity index (χ1n) is 6.74. The van der Waals surface area contributed by atoms with Gasteiger partial charge >= 0.3 is 0 Å². The van der Waals surface area contributed by atoms with E-state index >= 15 is 0 Å². The molecule has 1 heterocycles. The zero-order chi connectivity index (χ0) is 14.5. The van der Waals surface area contributed by atoms with Crippen molar-refractivity contribution < 1.29 is 9.53 Å². The fourth-order valence-electron chi connectivity index (χ4n) is 2.14. The first kappa shape index (κ1) is 14.2. The summed E-state index contributed by atoms with van der Waals surface area (Å²) in [6.07, 6.45) is 1.65. The van der Waals surface area contributed by atoms with Crippen molar-refractivity contribution in [1.29, 1.82) is 0 Å².